The van der Waals surface area contributed by atoms with Gasteiger partial charge in [-0.3, -0.25) is 0 Å². The second-order valence-corrected chi connectivity index (χ2v) is 4.92. The van der Waals surface area contributed by atoms with E-state index in [0.717, 1.165) is 29.8 Å². The summed E-state index contributed by atoms with van der Waals surface area (Å²) in [5.41, 5.74) is 8.56. The van der Waals surface area contributed by atoms with Gasteiger partial charge < -0.3 is 5.73 Å². The molecule has 3 nitrogen and oxygen atoms in total. The molecule has 0 amide bonds. The highest BCUT2D eigenvalue weighted by Crippen LogP contribution is 2.22. The summed E-state index contributed by atoms with van der Waals surface area (Å²) in [6.45, 7) is 2.14. The first-order chi connectivity index (χ1) is 8.31. The molecule has 0 aliphatic rings. The highest BCUT2D eigenvalue weighted by atomic mass is 32.1. The van der Waals surface area contributed by atoms with E-state index in [0.29, 0.717) is 0 Å². The molecule has 4 heteroatoms. The van der Waals surface area contributed by atoms with Gasteiger partial charge in [-0.2, -0.15) is 0 Å². The van der Waals surface area contributed by atoms with E-state index in [1.807, 2.05) is 18.2 Å². The van der Waals surface area contributed by atoms with Crippen LogP contribution in [0.25, 0.3) is 0 Å². The zero-order chi connectivity index (χ0) is 12.1. The van der Waals surface area contributed by atoms with Gasteiger partial charge in [0.05, 0.1) is 10.6 Å². The quantitative estimate of drug-likeness (QED) is 0.884. The van der Waals surface area contributed by atoms with E-state index in [2.05, 4.69) is 28.6 Å². The number of aryl methyl sites for hydroxylation is 1. The van der Waals surface area contributed by atoms with Crippen molar-refractivity contribution < 1.29 is 0 Å². The Morgan fingerprint density at radius 2 is 2.06 bits per heavy atom. The Morgan fingerprint density at radius 3 is 2.76 bits per heavy atom. The third-order valence-electron chi connectivity index (χ3n) is 2.71. The molecule has 0 radical (unpaired) electrons. The van der Waals surface area contributed by atoms with E-state index in [9.17, 15) is 0 Å². The van der Waals surface area contributed by atoms with Gasteiger partial charge in [-0.05, 0) is 29.9 Å². The van der Waals surface area contributed by atoms with Crippen LogP contribution >= 0.6 is 11.5 Å². The van der Waals surface area contributed by atoms with Crippen LogP contribution in [0, 0.1) is 0 Å². The zero-order valence-electron chi connectivity index (χ0n) is 9.97. The molecule has 2 N–H and O–H groups in total. The summed E-state index contributed by atoms with van der Waals surface area (Å²) in [6, 6.07) is 10.3. The van der Waals surface area contributed by atoms with E-state index in [1.165, 1.54) is 17.1 Å². The van der Waals surface area contributed by atoms with Crippen LogP contribution in [-0.2, 0) is 12.8 Å². The summed E-state index contributed by atoms with van der Waals surface area (Å²) in [5.74, 6) is 0. The molecule has 1 unspecified atom stereocenters. The Morgan fingerprint density at radius 1 is 1.29 bits per heavy atom. The lowest BCUT2D eigenvalue weighted by atomic mass is 10.0. The minimum Gasteiger partial charge on any atom is -0.323 e. The second-order valence-electron chi connectivity index (χ2n) is 4.13. The molecule has 0 saturated heterocycles. The van der Waals surface area contributed by atoms with Crippen molar-refractivity contribution in [2.75, 3.05) is 0 Å². The zero-order valence-corrected chi connectivity index (χ0v) is 10.8. The molecule has 0 bridgehead atoms. The Bertz CT molecular complexity index is 453. The van der Waals surface area contributed by atoms with Crippen molar-refractivity contribution in [3.63, 3.8) is 0 Å². The molecule has 2 aromatic rings. The van der Waals surface area contributed by atoms with Crippen LogP contribution in [0.4, 0.5) is 0 Å². The second kappa shape index (κ2) is 5.89. The Kier molecular flexibility index (Phi) is 4.23. The van der Waals surface area contributed by atoms with Crippen LogP contribution in [-0.4, -0.2) is 9.59 Å². The van der Waals surface area contributed by atoms with Crippen molar-refractivity contribution in [1.82, 2.24) is 9.59 Å². The van der Waals surface area contributed by atoms with E-state index < -0.39 is 0 Å². The maximum Gasteiger partial charge on any atom is 0.0803 e. The predicted molar refractivity (Wildman–Crippen MR) is 71.0 cm³/mol. The molecule has 0 fully saturated rings. The molecule has 0 spiro atoms. The normalized spacial score (nSPS) is 12.6. The lowest BCUT2D eigenvalue weighted by molar-refractivity contribution is 0.715. The van der Waals surface area contributed by atoms with Crippen LogP contribution in [0.1, 0.15) is 35.5 Å². The average molecular weight is 247 g/mol. The fraction of sp³-hybridized carbons (Fsp3) is 0.385. The summed E-state index contributed by atoms with van der Waals surface area (Å²) in [4.78, 5) is 1.13. The van der Waals surface area contributed by atoms with Crippen LogP contribution < -0.4 is 5.73 Å². The SMILES string of the molecule is CCCc1nnsc1C(N)Cc1ccccc1. The lowest BCUT2D eigenvalue weighted by Gasteiger charge is -2.10. The van der Waals surface area contributed by atoms with Gasteiger partial charge >= 0.3 is 0 Å². The molecular formula is C13H17N3S. The molecule has 0 aliphatic heterocycles. The Hall–Kier alpha value is -1.26. The first kappa shape index (κ1) is 12.2. The minimum absolute atomic E-state index is 0.0129. The molecule has 1 heterocycles. The number of aromatic nitrogens is 2. The van der Waals surface area contributed by atoms with Gasteiger partial charge in [0.1, 0.15) is 0 Å². The highest BCUT2D eigenvalue weighted by molar-refractivity contribution is 7.05. The fourth-order valence-electron chi connectivity index (χ4n) is 1.87. The fourth-order valence-corrected chi connectivity index (χ4v) is 2.56. The van der Waals surface area contributed by atoms with Crippen molar-refractivity contribution in [3.05, 3.63) is 46.5 Å². The van der Waals surface area contributed by atoms with Crippen molar-refractivity contribution in [1.29, 1.82) is 0 Å². The number of nitrogens with zero attached hydrogens (tertiary/aromatic N) is 2. The van der Waals surface area contributed by atoms with Crippen LogP contribution in [0.2, 0.25) is 0 Å². The van der Waals surface area contributed by atoms with Crippen LogP contribution in [0.15, 0.2) is 30.3 Å². The molecule has 1 aromatic carbocycles. The van der Waals surface area contributed by atoms with E-state index >= 15 is 0 Å². The summed E-state index contributed by atoms with van der Waals surface area (Å²) in [7, 11) is 0. The Labute approximate surface area is 106 Å². The molecule has 2 rings (SSSR count). The first-order valence-electron chi connectivity index (χ1n) is 5.92. The molecular weight excluding hydrogens is 230 g/mol. The van der Waals surface area contributed by atoms with E-state index in [4.69, 9.17) is 5.73 Å². The molecule has 17 heavy (non-hydrogen) atoms. The number of rotatable bonds is 5. The van der Waals surface area contributed by atoms with Crippen LogP contribution in [0.3, 0.4) is 0 Å². The Balaban J connectivity index is 2.09. The van der Waals surface area contributed by atoms with E-state index in [1.54, 1.807) is 0 Å². The largest absolute Gasteiger partial charge is 0.323 e. The molecule has 1 atom stereocenters. The minimum atomic E-state index is 0.0129. The summed E-state index contributed by atoms with van der Waals surface area (Å²) < 4.78 is 4.02. The van der Waals surface area contributed by atoms with Crippen molar-refractivity contribution in [2.45, 2.75) is 32.2 Å². The third kappa shape index (κ3) is 3.11. The maximum absolute atomic E-state index is 6.23. The van der Waals surface area contributed by atoms with Gasteiger partial charge in [0.15, 0.2) is 0 Å². The van der Waals surface area contributed by atoms with Gasteiger partial charge in [-0.25, -0.2) is 0 Å². The summed E-state index contributed by atoms with van der Waals surface area (Å²) in [6.07, 6.45) is 2.90. The van der Waals surface area contributed by atoms with Crippen molar-refractivity contribution >= 4 is 11.5 Å². The average Bonchev–Trinajstić information content (AvgIpc) is 2.79. The smallest absolute Gasteiger partial charge is 0.0803 e. The van der Waals surface area contributed by atoms with Crippen molar-refractivity contribution in [3.8, 4) is 0 Å². The standard InChI is InChI=1S/C13H17N3S/c1-2-6-12-13(17-16-15-12)11(14)9-10-7-4-3-5-8-10/h3-5,7-8,11H,2,6,9,14H2,1H3. The molecule has 0 saturated carbocycles. The van der Waals surface area contributed by atoms with Gasteiger partial charge in [0, 0.05) is 6.04 Å². The molecule has 1 aromatic heterocycles. The highest BCUT2D eigenvalue weighted by Gasteiger charge is 2.15. The lowest BCUT2D eigenvalue weighted by Crippen LogP contribution is -2.13. The number of nitrogens with two attached hydrogens (primary N) is 1. The first-order valence-corrected chi connectivity index (χ1v) is 6.69. The third-order valence-corrected chi connectivity index (χ3v) is 3.61. The summed E-state index contributed by atoms with van der Waals surface area (Å²) in [5, 5.41) is 4.16. The van der Waals surface area contributed by atoms with Gasteiger partial charge in [-0.15, -0.1) is 5.10 Å². The topological polar surface area (TPSA) is 51.8 Å². The summed E-state index contributed by atoms with van der Waals surface area (Å²) >= 11 is 1.43. The number of hydrogen-bond acceptors (Lipinski definition) is 4. The van der Waals surface area contributed by atoms with Gasteiger partial charge in [0.25, 0.3) is 0 Å². The van der Waals surface area contributed by atoms with Crippen LogP contribution in [0.5, 0.6) is 0 Å². The monoisotopic (exact) mass is 247 g/mol. The van der Waals surface area contributed by atoms with Gasteiger partial charge in [-0.1, -0.05) is 48.2 Å². The van der Waals surface area contributed by atoms with Crippen molar-refractivity contribution in [2.24, 2.45) is 5.73 Å². The predicted octanol–water partition coefficient (Wildman–Crippen LogP) is 2.73. The maximum atomic E-state index is 6.23. The molecule has 0 aliphatic carbocycles. The van der Waals surface area contributed by atoms with Gasteiger partial charge in [0.2, 0.25) is 0 Å². The number of benzene rings is 1. The molecule has 90 valence electrons. The van der Waals surface area contributed by atoms with E-state index in [-0.39, 0.29) is 6.04 Å². The number of hydrogen-bond donors (Lipinski definition) is 1.